The zero-order chi connectivity index (χ0) is 16.7. The van der Waals surface area contributed by atoms with Crippen LogP contribution in [0.2, 0.25) is 5.02 Å². The average molecular weight is 398 g/mol. The first-order valence-electron chi connectivity index (χ1n) is 7.24. The quantitative estimate of drug-likeness (QED) is 0.674. The molecule has 0 fully saturated rings. The molecule has 0 atom stereocenters. The lowest BCUT2D eigenvalue weighted by atomic mass is 10.2. The summed E-state index contributed by atoms with van der Waals surface area (Å²) in [4.78, 5) is 11.8. The summed E-state index contributed by atoms with van der Waals surface area (Å²) in [7, 11) is 0. The van der Waals surface area contributed by atoms with Crippen molar-refractivity contribution in [3.63, 3.8) is 0 Å². The molecule has 2 aromatic carbocycles. The van der Waals surface area contributed by atoms with Crippen LogP contribution in [0.25, 0.3) is 0 Å². The number of ether oxygens (including phenoxy) is 1. The molecule has 6 heteroatoms. The van der Waals surface area contributed by atoms with Gasteiger partial charge in [0.05, 0.1) is 11.6 Å². The van der Waals surface area contributed by atoms with Crippen molar-refractivity contribution < 1.29 is 9.53 Å². The number of anilines is 1. The van der Waals surface area contributed by atoms with E-state index in [2.05, 4.69) is 26.6 Å². The Kier molecular flexibility index (Phi) is 6.74. The molecular formula is C17H18BrClN2O2. The van der Waals surface area contributed by atoms with Gasteiger partial charge in [0, 0.05) is 16.7 Å². The van der Waals surface area contributed by atoms with Gasteiger partial charge in [-0.25, -0.2) is 4.79 Å². The van der Waals surface area contributed by atoms with Crippen LogP contribution in [-0.2, 0) is 0 Å². The van der Waals surface area contributed by atoms with Crippen LogP contribution < -0.4 is 15.4 Å². The third kappa shape index (κ3) is 5.77. The first kappa shape index (κ1) is 17.6. The number of benzene rings is 2. The lowest BCUT2D eigenvalue weighted by Gasteiger charge is -2.11. The normalized spacial score (nSPS) is 10.2. The van der Waals surface area contributed by atoms with E-state index >= 15 is 0 Å². The molecule has 0 aliphatic rings. The van der Waals surface area contributed by atoms with E-state index in [-0.39, 0.29) is 6.03 Å². The van der Waals surface area contributed by atoms with Crippen molar-refractivity contribution in [1.82, 2.24) is 5.32 Å². The number of carbonyl (C=O) groups excluding carboxylic acids is 1. The van der Waals surface area contributed by atoms with Crippen LogP contribution in [-0.4, -0.2) is 19.2 Å². The Balaban J connectivity index is 1.67. The molecular weight excluding hydrogens is 380 g/mol. The number of para-hydroxylation sites is 1. The number of hydrogen-bond donors (Lipinski definition) is 2. The molecule has 2 aromatic rings. The monoisotopic (exact) mass is 396 g/mol. The lowest BCUT2D eigenvalue weighted by Crippen LogP contribution is -2.30. The van der Waals surface area contributed by atoms with E-state index in [1.807, 2.05) is 43.3 Å². The minimum atomic E-state index is -0.221. The summed E-state index contributed by atoms with van der Waals surface area (Å²) >= 11 is 9.41. The Labute approximate surface area is 149 Å². The number of hydrogen-bond acceptors (Lipinski definition) is 2. The van der Waals surface area contributed by atoms with Gasteiger partial charge in [-0.05, 0) is 43.2 Å². The number of amides is 2. The molecule has 2 rings (SSSR count). The predicted molar refractivity (Wildman–Crippen MR) is 97.5 cm³/mol. The molecule has 4 nitrogen and oxygen atoms in total. The molecule has 0 bridgehead atoms. The molecule has 23 heavy (non-hydrogen) atoms. The summed E-state index contributed by atoms with van der Waals surface area (Å²) in [5.74, 6) is 0.638. The summed E-state index contributed by atoms with van der Waals surface area (Å²) in [6, 6.07) is 12.9. The summed E-state index contributed by atoms with van der Waals surface area (Å²) in [5, 5.41) is 6.17. The molecule has 0 spiro atoms. The van der Waals surface area contributed by atoms with E-state index in [4.69, 9.17) is 16.3 Å². The van der Waals surface area contributed by atoms with Gasteiger partial charge in [0.2, 0.25) is 0 Å². The third-order valence-electron chi connectivity index (χ3n) is 3.15. The standard InChI is InChI=1S/C17H18BrClN2O2/c1-12-5-2-3-6-15(12)21-17(22)20-9-4-10-23-16-8-7-13(18)11-14(16)19/h2-3,5-8,11H,4,9-10H2,1H3,(H2,20,21,22). The van der Waals surface area contributed by atoms with Crippen LogP contribution in [0.15, 0.2) is 46.9 Å². The Hall–Kier alpha value is -1.72. The second kappa shape index (κ2) is 8.79. The Morgan fingerprint density at radius 1 is 1.26 bits per heavy atom. The molecule has 122 valence electrons. The van der Waals surface area contributed by atoms with Gasteiger partial charge < -0.3 is 15.4 Å². The van der Waals surface area contributed by atoms with E-state index in [0.717, 1.165) is 15.7 Å². The van der Waals surface area contributed by atoms with Crippen LogP contribution in [0.3, 0.4) is 0 Å². The van der Waals surface area contributed by atoms with Crippen molar-refractivity contribution in [3.05, 3.63) is 57.5 Å². The molecule has 0 radical (unpaired) electrons. The van der Waals surface area contributed by atoms with E-state index in [1.165, 1.54) is 0 Å². The second-order valence-electron chi connectivity index (χ2n) is 4.97. The summed E-state index contributed by atoms with van der Waals surface area (Å²) in [6.07, 6.45) is 0.688. The summed E-state index contributed by atoms with van der Waals surface area (Å²) in [5.41, 5.74) is 1.83. The SMILES string of the molecule is Cc1ccccc1NC(=O)NCCCOc1ccc(Br)cc1Cl. The van der Waals surface area contributed by atoms with Crippen molar-refractivity contribution in [2.75, 3.05) is 18.5 Å². The molecule has 2 N–H and O–H groups in total. The van der Waals surface area contributed by atoms with Gasteiger partial charge in [-0.1, -0.05) is 45.7 Å². The van der Waals surface area contributed by atoms with Crippen molar-refractivity contribution in [1.29, 1.82) is 0 Å². The van der Waals surface area contributed by atoms with Gasteiger partial charge in [-0.2, -0.15) is 0 Å². The highest BCUT2D eigenvalue weighted by atomic mass is 79.9. The lowest BCUT2D eigenvalue weighted by molar-refractivity contribution is 0.250. The van der Waals surface area contributed by atoms with E-state index in [0.29, 0.717) is 30.3 Å². The van der Waals surface area contributed by atoms with Crippen molar-refractivity contribution in [3.8, 4) is 5.75 Å². The number of aryl methyl sites for hydroxylation is 1. The van der Waals surface area contributed by atoms with E-state index in [9.17, 15) is 4.79 Å². The first-order chi connectivity index (χ1) is 11.1. The van der Waals surface area contributed by atoms with Crippen molar-refractivity contribution >= 4 is 39.2 Å². The van der Waals surface area contributed by atoms with Crippen molar-refractivity contribution in [2.24, 2.45) is 0 Å². The Bertz CT molecular complexity index is 679. The Morgan fingerprint density at radius 3 is 2.78 bits per heavy atom. The largest absolute Gasteiger partial charge is 0.492 e. The number of nitrogens with one attached hydrogen (secondary N) is 2. The molecule has 0 saturated carbocycles. The number of carbonyl (C=O) groups is 1. The maximum atomic E-state index is 11.8. The van der Waals surface area contributed by atoms with Crippen LogP contribution in [0.1, 0.15) is 12.0 Å². The van der Waals surface area contributed by atoms with Gasteiger partial charge in [0.15, 0.2) is 0 Å². The number of urea groups is 1. The number of rotatable bonds is 6. The van der Waals surface area contributed by atoms with Gasteiger partial charge >= 0.3 is 6.03 Å². The minimum Gasteiger partial charge on any atom is -0.492 e. The van der Waals surface area contributed by atoms with Crippen LogP contribution in [0.4, 0.5) is 10.5 Å². The van der Waals surface area contributed by atoms with Crippen molar-refractivity contribution in [2.45, 2.75) is 13.3 Å². The van der Waals surface area contributed by atoms with Gasteiger partial charge in [-0.15, -0.1) is 0 Å². The molecule has 0 heterocycles. The van der Waals surface area contributed by atoms with E-state index < -0.39 is 0 Å². The summed E-state index contributed by atoms with van der Waals surface area (Å²) < 4.78 is 6.49. The fourth-order valence-corrected chi connectivity index (χ4v) is 2.66. The molecule has 2 amide bonds. The van der Waals surface area contributed by atoms with E-state index in [1.54, 1.807) is 6.07 Å². The predicted octanol–water partition coefficient (Wildman–Crippen LogP) is 5.00. The van der Waals surface area contributed by atoms with Gasteiger partial charge in [0.1, 0.15) is 5.75 Å². The zero-order valence-corrected chi connectivity index (χ0v) is 15.1. The average Bonchev–Trinajstić information content (AvgIpc) is 2.51. The third-order valence-corrected chi connectivity index (χ3v) is 3.94. The highest BCUT2D eigenvalue weighted by molar-refractivity contribution is 9.10. The van der Waals surface area contributed by atoms with Gasteiger partial charge in [-0.3, -0.25) is 0 Å². The molecule has 0 aromatic heterocycles. The molecule has 0 saturated heterocycles. The Morgan fingerprint density at radius 2 is 2.04 bits per heavy atom. The minimum absolute atomic E-state index is 0.221. The zero-order valence-electron chi connectivity index (χ0n) is 12.7. The van der Waals surface area contributed by atoms with Crippen LogP contribution >= 0.6 is 27.5 Å². The highest BCUT2D eigenvalue weighted by Gasteiger charge is 2.04. The maximum absolute atomic E-state index is 11.8. The smallest absolute Gasteiger partial charge is 0.319 e. The second-order valence-corrected chi connectivity index (χ2v) is 6.30. The maximum Gasteiger partial charge on any atom is 0.319 e. The molecule has 0 unspecified atom stereocenters. The van der Waals surface area contributed by atoms with Crippen LogP contribution in [0.5, 0.6) is 5.75 Å². The fourth-order valence-electron chi connectivity index (χ4n) is 1.93. The number of halogens is 2. The first-order valence-corrected chi connectivity index (χ1v) is 8.41. The van der Waals surface area contributed by atoms with Gasteiger partial charge in [0.25, 0.3) is 0 Å². The highest BCUT2D eigenvalue weighted by Crippen LogP contribution is 2.27. The molecule has 0 aliphatic heterocycles. The summed E-state index contributed by atoms with van der Waals surface area (Å²) in [6.45, 7) is 2.95. The van der Waals surface area contributed by atoms with Crippen LogP contribution in [0, 0.1) is 6.92 Å². The fraction of sp³-hybridized carbons (Fsp3) is 0.235. The molecule has 0 aliphatic carbocycles. The topological polar surface area (TPSA) is 50.4 Å².